The number of carbonyl (C=O) groups is 1. The molecule has 3 nitrogen and oxygen atoms in total. The minimum atomic E-state index is -0.822. The van der Waals surface area contributed by atoms with Gasteiger partial charge in [-0.2, -0.15) is 0 Å². The zero-order valence-electron chi connectivity index (χ0n) is 10.9. The van der Waals surface area contributed by atoms with Gasteiger partial charge >= 0.3 is 5.97 Å². The van der Waals surface area contributed by atoms with Gasteiger partial charge in [-0.15, -0.1) is 11.3 Å². The average Bonchev–Trinajstić information content (AvgIpc) is 2.73. The number of thiophene rings is 1. The molecule has 2 aromatic rings. The Hall–Kier alpha value is -1.39. The van der Waals surface area contributed by atoms with Crippen molar-refractivity contribution in [2.75, 3.05) is 0 Å². The van der Waals surface area contributed by atoms with E-state index < -0.39 is 5.97 Å². The van der Waals surface area contributed by atoms with Crippen LogP contribution >= 0.6 is 11.3 Å². The van der Waals surface area contributed by atoms with E-state index in [9.17, 15) is 9.90 Å². The Labute approximate surface area is 116 Å². The molecule has 0 unspecified atom stereocenters. The number of aromatic carboxylic acids is 1. The second kappa shape index (κ2) is 4.62. The molecule has 1 aliphatic carbocycles. The average molecular weight is 275 g/mol. The number of hydrogen-bond acceptors (Lipinski definition) is 3. The predicted molar refractivity (Wildman–Crippen MR) is 77.9 cm³/mol. The van der Waals surface area contributed by atoms with E-state index in [1.165, 1.54) is 30.6 Å². The van der Waals surface area contributed by atoms with E-state index in [2.05, 4.69) is 12.2 Å². The van der Waals surface area contributed by atoms with Crippen molar-refractivity contribution in [1.82, 2.24) is 5.32 Å². The van der Waals surface area contributed by atoms with Gasteiger partial charge < -0.3 is 10.4 Å². The van der Waals surface area contributed by atoms with Crippen molar-refractivity contribution in [2.24, 2.45) is 0 Å². The van der Waals surface area contributed by atoms with Crippen LogP contribution in [-0.4, -0.2) is 16.6 Å². The molecule has 19 heavy (non-hydrogen) atoms. The number of fused-ring (bicyclic) bond motifs is 1. The Balaban J connectivity index is 1.95. The van der Waals surface area contributed by atoms with Gasteiger partial charge in [0.15, 0.2) is 0 Å². The van der Waals surface area contributed by atoms with Gasteiger partial charge in [-0.05, 0) is 43.2 Å². The second-order valence-electron chi connectivity index (χ2n) is 5.48. The summed E-state index contributed by atoms with van der Waals surface area (Å²) in [7, 11) is 0. The quantitative estimate of drug-likeness (QED) is 0.895. The van der Waals surface area contributed by atoms with Gasteiger partial charge in [-0.3, -0.25) is 0 Å². The highest BCUT2D eigenvalue weighted by molar-refractivity contribution is 7.21. The molecule has 0 radical (unpaired) electrons. The minimum absolute atomic E-state index is 0.193. The molecule has 100 valence electrons. The summed E-state index contributed by atoms with van der Waals surface area (Å²) in [4.78, 5) is 11.9. The van der Waals surface area contributed by atoms with E-state index in [1.807, 2.05) is 24.3 Å². The zero-order chi connectivity index (χ0) is 13.5. The van der Waals surface area contributed by atoms with Gasteiger partial charge in [0, 0.05) is 16.8 Å². The Kier molecular flexibility index (Phi) is 3.07. The van der Waals surface area contributed by atoms with E-state index in [-0.39, 0.29) is 5.54 Å². The molecule has 0 bridgehead atoms. The largest absolute Gasteiger partial charge is 0.477 e. The molecule has 0 saturated heterocycles. The number of nitrogens with one attached hydrogen (secondary N) is 1. The molecule has 0 aliphatic heterocycles. The highest BCUT2D eigenvalue weighted by Crippen LogP contribution is 2.34. The fraction of sp³-hybridized carbons (Fsp3) is 0.400. The van der Waals surface area contributed by atoms with Crippen LogP contribution < -0.4 is 5.32 Å². The van der Waals surface area contributed by atoms with Crippen molar-refractivity contribution in [3.8, 4) is 0 Å². The van der Waals surface area contributed by atoms with E-state index in [4.69, 9.17) is 0 Å². The van der Waals surface area contributed by atoms with Crippen molar-refractivity contribution in [3.63, 3.8) is 0 Å². The summed E-state index contributed by atoms with van der Waals surface area (Å²) >= 11 is 1.37. The molecule has 1 heterocycles. The standard InChI is InChI=1S/C15H17NO2S/c1-15(7-4-8-15)16-9-11-10-5-2-3-6-12(10)19-13(11)14(17)18/h2-3,5-6,16H,4,7-9H2,1H3,(H,17,18). The van der Waals surface area contributed by atoms with Gasteiger partial charge in [0.25, 0.3) is 0 Å². The molecule has 1 aromatic heterocycles. The monoisotopic (exact) mass is 275 g/mol. The van der Waals surface area contributed by atoms with Gasteiger partial charge in [0.2, 0.25) is 0 Å². The number of benzene rings is 1. The first-order valence-electron chi connectivity index (χ1n) is 6.58. The van der Waals surface area contributed by atoms with E-state index >= 15 is 0 Å². The fourth-order valence-corrected chi connectivity index (χ4v) is 3.69. The predicted octanol–water partition coefficient (Wildman–Crippen LogP) is 3.63. The number of carboxylic acid groups (broad SMARTS) is 1. The summed E-state index contributed by atoms with van der Waals surface area (Å²) in [6.07, 6.45) is 3.62. The first-order valence-corrected chi connectivity index (χ1v) is 7.39. The lowest BCUT2D eigenvalue weighted by Gasteiger charge is -2.39. The molecule has 0 amide bonds. The number of rotatable bonds is 4. The third-order valence-corrected chi connectivity index (χ3v) is 5.24. The molecule has 1 saturated carbocycles. The molecule has 1 aliphatic rings. The molecule has 1 aromatic carbocycles. The van der Waals surface area contributed by atoms with E-state index in [1.54, 1.807) is 0 Å². The van der Waals surface area contributed by atoms with Crippen LogP contribution in [0, 0.1) is 0 Å². The van der Waals surface area contributed by atoms with Gasteiger partial charge in [-0.25, -0.2) is 4.79 Å². The lowest BCUT2D eigenvalue weighted by Crippen LogP contribution is -2.47. The summed E-state index contributed by atoms with van der Waals surface area (Å²) in [6, 6.07) is 7.92. The van der Waals surface area contributed by atoms with Crippen LogP contribution in [0.3, 0.4) is 0 Å². The first kappa shape index (κ1) is 12.6. The van der Waals surface area contributed by atoms with Gasteiger partial charge in [-0.1, -0.05) is 18.2 Å². The van der Waals surface area contributed by atoms with Crippen LogP contribution in [0.1, 0.15) is 41.4 Å². The SMILES string of the molecule is CC1(NCc2c(C(=O)O)sc3ccccc23)CCC1. The Morgan fingerprint density at radius 3 is 2.79 bits per heavy atom. The molecule has 0 atom stereocenters. The van der Waals surface area contributed by atoms with Crippen LogP contribution in [0.2, 0.25) is 0 Å². The maximum Gasteiger partial charge on any atom is 0.346 e. The zero-order valence-corrected chi connectivity index (χ0v) is 11.7. The van der Waals surface area contributed by atoms with Crippen molar-refractivity contribution >= 4 is 27.4 Å². The van der Waals surface area contributed by atoms with Gasteiger partial charge in [0.05, 0.1) is 0 Å². The van der Waals surface area contributed by atoms with E-state index in [0.29, 0.717) is 11.4 Å². The number of hydrogen-bond donors (Lipinski definition) is 2. The minimum Gasteiger partial charge on any atom is -0.477 e. The normalized spacial score (nSPS) is 17.3. The van der Waals surface area contributed by atoms with Crippen molar-refractivity contribution < 1.29 is 9.90 Å². The van der Waals surface area contributed by atoms with Crippen molar-refractivity contribution in [2.45, 2.75) is 38.3 Å². The highest BCUT2D eigenvalue weighted by atomic mass is 32.1. The smallest absolute Gasteiger partial charge is 0.346 e. The highest BCUT2D eigenvalue weighted by Gasteiger charge is 2.31. The Morgan fingerprint density at radius 1 is 1.42 bits per heavy atom. The van der Waals surface area contributed by atoms with Crippen molar-refractivity contribution in [3.05, 3.63) is 34.7 Å². The fourth-order valence-electron chi connectivity index (χ4n) is 2.63. The Bertz CT molecular complexity index is 628. The lowest BCUT2D eigenvalue weighted by molar-refractivity contribution is 0.0700. The maximum atomic E-state index is 11.4. The second-order valence-corrected chi connectivity index (χ2v) is 6.53. The van der Waals surface area contributed by atoms with E-state index in [0.717, 1.165) is 15.6 Å². The topological polar surface area (TPSA) is 49.3 Å². The Morgan fingerprint density at radius 2 is 2.16 bits per heavy atom. The maximum absolute atomic E-state index is 11.4. The number of carboxylic acids is 1. The van der Waals surface area contributed by atoms with Crippen LogP contribution in [0.5, 0.6) is 0 Å². The molecular weight excluding hydrogens is 258 g/mol. The summed E-state index contributed by atoms with van der Waals surface area (Å²) in [5, 5.41) is 13.9. The first-order chi connectivity index (χ1) is 9.09. The molecule has 4 heteroatoms. The van der Waals surface area contributed by atoms with Crippen LogP contribution in [0.25, 0.3) is 10.1 Å². The molecule has 0 spiro atoms. The molecule has 2 N–H and O–H groups in total. The summed E-state index contributed by atoms with van der Waals surface area (Å²) in [5.74, 6) is -0.822. The molecule has 1 fully saturated rings. The van der Waals surface area contributed by atoms with Crippen LogP contribution in [-0.2, 0) is 6.54 Å². The third-order valence-electron chi connectivity index (χ3n) is 4.04. The lowest BCUT2D eigenvalue weighted by atomic mass is 9.78. The van der Waals surface area contributed by atoms with Crippen LogP contribution in [0.4, 0.5) is 0 Å². The van der Waals surface area contributed by atoms with Gasteiger partial charge in [0.1, 0.15) is 4.88 Å². The summed E-state index contributed by atoms with van der Waals surface area (Å²) in [6.45, 7) is 2.85. The van der Waals surface area contributed by atoms with Crippen molar-refractivity contribution in [1.29, 1.82) is 0 Å². The molecular formula is C15H17NO2S. The summed E-state index contributed by atoms with van der Waals surface area (Å²) < 4.78 is 1.05. The third kappa shape index (κ3) is 2.26. The van der Waals surface area contributed by atoms with Crippen LogP contribution in [0.15, 0.2) is 24.3 Å². The summed E-state index contributed by atoms with van der Waals surface area (Å²) in [5.41, 5.74) is 1.12. The molecule has 3 rings (SSSR count).